The Bertz CT molecular complexity index is 1040. The van der Waals surface area contributed by atoms with Crippen LogP contribution in [0.2, 0.25) is 0 Å². The van der Waals surface area contributed by atoms with Crippen molar-refractivity contribution in [2.45, 2.75) is 4.90 Å². The van der Waals surface area contributed by atoms with Crippen LogP contribution in [0.15, 0.2) is 69.7 Å². The van der Waals surface area contributed by atoms with Crippen molar-refractivity contribution in [3.05, 3.63) is 54.6 Å². The van der Waals surface area contributed by atoms with E-state index in [1.54, 1.807) is 30.3 Å². The van der Waals surface area contributed by atoms with Crippen LogP contribution < -0.4 is 5.73 Å². The Kier molecular flexibility index (Phi) is 3.92. The second-order valence-electron chi connectivity index (χ2n) is 5.08. The molecule has 0 aliphatic carbocycles. The van der Waals surface area contributed by atoms with Gasteiger partial charge in [-0.15, -0.1) is 5.11 Å². The monoisotopic (exact) mass is 343 g/mol. The van der Waals surface area contributed by atoms with Gasteiger partial charge in [-0.3, -0.25) is 4.55 Å². The quantitative estimate of drug-likeness (QED) is 0.379. The van der Waals surface area contributed by atoms with E-state index in [0.29, 0.717) is 16.8 Å². The van der Waals surface area contributed by atoms with E-state index in [9.17, 15) is 13.5 Å². The normalized spacial score (nSPS) is 12.0. The average molecular weight is 343 g/mol. The van der Waals surface area contributed by atoms with Crippen LogP contribution >= 0.6 is 0 Å². The number of nitrogens with zero attached hydrogens (tertiary/aromatic N) is 2. The van der Waals surface area contributed by atoms with Crippen molar-refractivity contribution < 1.29 is 18.1 Å². The van der Waals surface area contributed by atoms with Crippen molar-refractivity contribution in [2.75, 3.05) is 5.73 Å². The lowest BCUT2D eigenvalue weighted by Gasteiger charge is -2.04. The molecule has 7 nitrogen and oxygen atoms in total. The second-order valence-corrected chi connectivity index (χ2v) is 6.50. The number of aromatic hydroxyl groups is 1. The SMILES string of the molecule is Nc1ccc2c(O)c(N=Nc3ccc(S(=O)(=O)O)cc3)ccc2c1. The van der Waals surface area contributed by atoms with E-state index in [4.69, 9.17) is 10.3 Å². The fourth-order valence-electron chi connectivity index (χ4n) is 2.20. The second kappa shape index (κ2) is 5.91. The summed E-state index contributed by atoms with van der Waals surface area (Å²) in [6.07, 6.45) is 0. The van der Waals surface area contributed by atoms with Crippen LogP contribution in [0.1, 0.15) is 0 Å². The van der Waals surface area contributed by atoms with Gasteiger partial charge in [-0.25, -0.2) is 0 Å². The predicted molar refractivity (Wildman–Crippen MR) is 90.5 cm³/mol. The van der Waals surface area contributed by atoms with Crippen LogP contribution in [0.3, 0.4) is 0 Å². The summed E-state index contributed by atoms with van der Waals surface area (Å²) >= 11 is 0. The van der Waals surface area contributed by atoms with Gasteiger partial charge in [0, 0.05) is 11.1 Å². The molecule has 0 saturated heterocycles. The zero-order valence-electron chi connectivity index (χ0n) is 12.3. The van der Waals surface area contributed by atoms with Crippen molar-refractivity contribution in [3.8, 4) is 5.75 Å². The Hall–Kier alpha value is -2.97. The molecule has 0 amide bonds. The molecule has 0 spiro atoms. The van der Waals surface area contributed by atoms with Crippen LogP contribution in [0.5, 0.6) is 5.75 Å². The number of hydrogen-bond donors (Lipinski definition) is 3. The number of anilines is 1. The third-order valence-electron chi connectivity index (χ3n) is 3.40. The number of hydrogen-bond acceptors (Lipinski definition) is 6. The molecule has 0 aromatic heterocycles. The first-order chi connectivity index (χ1) is 11.3. The molecule has 0 atom stereocenters. The topological polar surface area (TPSA) is 125 Å². The highest BCUT2D eigenvalue weighted by Gasteiger charge is 2.09. The van der Waals surface area contributed by atoms with Crippen LogP contribution in [0, 0.1) is 0 Å². The molecule has 0 unspecified atom stereocenters. The van der Waals surface area contributed by atoms with Gasteiger partial charge >= 0.3 is 0 Å². The molecule has 0 aliphatic rings. The molecule has 0 heterocycles. The van der Waals surface area contributed by atoms with Crippen molar-refractivity contribution in [1.29, 1.82) is 0 Å². The lowest BCUT2D eigenvalue weighted by molar-refractivity contribution is 0.482. The third-order valence-corrected chi connectivity index (χ3v) is 4.27. The summed E-state index contributed by atoms with van der Waals surface area (Å²) in [6, 6.07) is 13.7. The molecule has 122 valence electrons. The largest absolute Gasteiger partial charge is 0.505 e. The molecule has 0 bridgehead atoms. The molecule has 0 saturated carbocycles. The molecule has 24 heavy (non-hydrogen) atoms. The van der Waals surface area contributed by atoms with Gasteiger partial charge in [-0.1, -0.05) is 6.07 Å². The van der Waals surface area contributed by atoms with Gasteiger partial charge in [0.2, 0.25) is 0 Å². The molecule has 3 rings (SSSR count). The molecule has 3 aromatic rings. The number of fused-ring (bicyclic) bond motifs is 1. The van der Waals surface area contributed by atoms with E-state index in [-0.39, 0.29) is 16.3 Å². The highest BCUT2D eigenvalue weighted by molar-refractivity contribution is 7.85. The smallest absolute Gasteiger partial charge is 0.294 e. The molecular formula is C16H13N3O4S. The Morgan fingerprint density at radius 3 is 2.29 bits per heavy atom. The summed E-state index contributed by atoms with van der Waals surface area (Å²) in [7, 11) is -4.24. The van der Waals surface area contributed by atoms with Crippen molar-refractivity contribution >= 4 is 38.0 Å². The lowest BCUT2D eigenvalue weighted by Crippen LogP contribution is -1.96. The fourth-order valence-corrected chi connectivity index (χ4v) is 2.68. The first-order valence-corrected chi connectivity index (χ1v) is 8.29. The third kappa shape index (κ3) is 3.19. The van der Waals surface area contributed by atoms with Gasteiger partial charge in [0.25, 0.3) is 10.1 Å². The van der Waals surface area contributed by atoms with Crippen molar-refractivity contribution in [3.63, 3.8) is 0 Å². The van der Waals surface area contributed by atoms with Crippen LogP contribution in [-0.4, -0.2) is 18.1 Å². The Labute approximate surface area is 137 Å². The summed E-state index contributed by atoms with van der Waals surface area (Å²) in [5.74, 6) is -0.0224. The number of nitrogen functional groups attached to an aromatic ring is 1. The van der Waals surface area contributed by atoms with E-state index in [1.807, 2.05) is 0 Å². The number of phenolic OH excluding ortho intramolecular Hbond substituents is 1. The van der Waals surface area contributed by atoms with E-state index in [0.717, 1.165) is 5.39 Å². The lowest BCUT2D eigenvalue weighted by atomic mass is 10.1. The first kappa shape index (κ1) is 15.9. The number of azo groups is 1. The maximum atomic E-state index is 11.0. The van der Waals surface area contributed by atoms with Crippen molar-refractivity contribution in [1.82, 2.24) is 0 Å². The first-order valence-electron chi connectivity index (χ1n) is 6.85. The number of rotatable bonds is 3. The van der Waals surface area contributed by atoms with Crippen LogP contribution in [-0.2, 0) is 10.1 Å². The maximum Gasteiger partial charge on any atom is 0.294 e. The number of nitrogens with two attached hydrogens (primary N) is 1. The van der Waals surface area contributed by atoms with E-state index in [2.05, 4.69) is 10.2 Å². The summed E-state index contributed by atoms with van der Waals surface area (Å²) in [4.78, 5) is -0.229. The highest BCUT2D eigenvalue weighted by atomic mass is 32.2. The molecule has 4 N–H and O–H groups in total. The zero-order chi connectivity index (χ0) is 17.3. The number of benzene rings is 3. The van der Waals surface area contributed by atoms with Gasteiger partial charge in [0.15, 0.2) is 5.75 Å². The summed E-state index contributed by atoms with van der Waals surface area (Å²) in [5.41, 5.74) is 6.94. The molecule has 0 fully saturated rings. The molecule has 0 aliphatic heterocycles. The highest BCUT2D eigenvalue weighted by Crippen LogP contribution is 2.36. The molecule has 3 aromatic carbocycles. The van der Waals surface area contributed by atoms with Gasteiger partial charge in [0.05, 0.1) is 10.6 Å². The van der Waals surface area contributed by atoms with Gasteiger partial charge < -0.3 is 10.8 Å². The standard InChI is InChI=1S/C16H13N3O4S/c17-11-2-7-14-10(9-11)1-8-15(16(14)20)19-18-12-3-5-13(6-4-12)24(21,22)23/h1-9,20H,17H2,(H,21,22,23). The van der Waals surface area contributed by atoms with Gasteiger partial charge in [0.1, 0.15) is 5.69 Å². The van der Waals surface area contributed by atoms with Crippen molar-refractivity contribution in [2.24, 2.45) is 10.2 Å². The summed E-state index contributed by atoms with van der Waals surface area (Å²) in [5, 5.41) is 19.6. The van der Waals surface area contributed by atoms with Gasteiger partial charge in [-0.2, -0.15) is 13.5 Å². The van der Waals surface area contributed by atoms with Crippen LogP contribution in [0.25, 0.3) is 10.8 Å². The Balaban J connectivity index is 1.93. The minimum Gasteiger partial charge on any atom is -0.505 e. The Morgan fingerprint density at radius 2 is 1.62 bits per heavy atom. The Morgan fingerprint density at radius 1 is 0.917 bits per heavy atom. The average Bonchev–Trinajstić information content (AvgIpc) is 2.54. The van der Waals surface area contributed by atoms with E-state index >= 15 is 0 Å². The maximum absolute atomic E-state index is 11.0. The van der Waals surface area contributed by atoms with Gasteiger partial charge in [-0.05, 0) is 53.9 Å². The summed E-state index contributed by atoms with van der Waals surface area (Å²) < 4.78 is 30.9. The fraction of sp³-hybridized carbons (Fsp3) is 0. The van der Waals surface area contributed by atoms with E-state index in [1.165, 1.54) is 24.3 Å². The van der Waals surface area contributed by atoms with Crippen LogP contribution in [0.4, 0.5) is 17.1 Å². The molecule has 0 radical (unpaired) electrons. The van der Waals surface area contributed by atoms with E-state index < -0.39 is 10.1 Å². The summed E-state index contributed by atoms with van der Waals surface area (Å²) in [6.45, 7) is 0. The minimum absolute atomic E-state index is 0.0224. The molecular weight excluding hydrogens is 330 g/mol. The minimum atomic E-state index is -4.24. The molecule has 8 heteroatoms. The number of phenols is 1. The zero-order valence-corrected chi connectivity index (χ0v) is 13.1. The predicted octanol–water partition coefficient (Wildman–Crippen LogP) is 3.79.